The van der Waals surface area contributed by atoms with E-state index in [9.17, 15) is 13.2 Å². The molecular formula is C25H19Cl2N5O3S. The van der Waals surface area contributed by atoms with Crippen molar-refractivity contribution in [3.63, 3.8) is 0 Å². The Labute approximate surface area is 216 Å². The molecule has 36 heavy (non-hydrogen) atoms. The average molecular weight is 540 g/mol. The van der Waals surface area contributed by atoms with E-state index >= 15 is 0 Å². The number of carbonyl (C=O) groups excluding carboxylic acids is 1. The van der Waals surface area contributed by atoms with Crippen LogP contribution in [0.15, 0.2) is 66.0 Å². The molecule has 182 valence electrons. The van der Waals surface area contributed by atoms with Crippen molar-refractivity contribution in [2.75, 3.05) is 6.26 Å². The number of carbonyl (C=O) groups is 1. The van der Waals surface area contributed by atoms with E-state index in [1.807, 2.05) is 6.07 Å². The maximum atomic E-state index is 12.8. The van der Waals surface area contributed by atoms with Crippen LogP contribution in [-0.2, 0) is 22.8 Å². The fourth-order valence-corrected chi connectivity index (χ4v) is 5.16. The van der Waals surface area contributed by atoms with Crippen molar-refractivity contribution in [1.82, 2.24) is 25.3 Å². The number of aromatic amines is 1. The van der Waals surface area contributed by atoms with E-state index in [1.165, 1.54) is 12.3 Å². The molecule has 1 amide bonds. The molecule has 0 saturated heterocycles. The molecule has 0 spiro atoms. The molecule has 0 aliphatic heterocycles. The van der Waals surface area contributed by atoms with Gasteiger partial charge in [-0.05, 0) is 35.9 Å². The Balaban J connectivity index is 1.36. The first-order valence-electron chi connectivity index (χ1n) is 10.8. The summed E-state index contributed by atoms with van der Waals surface area (Å²) in [6, 6.07) is 11.8. The number of hydrogen-bond acceptors (Lipinski definition) is 6. The minimum absolute atomic E-state index is 0.132. The summed E-state index contributed by atoms with van der Waals surface area (Å²) in [5.41, 5.74) is 3.28. The summed E-state index contributed by atoms with van der Waals surface area (Å²) in [7, 11) is -3.48. The zero-order valence-corrected chi connectivity index (χ0v) is 21.2. The largest absolute Gasteiger partial charge is 0.348 e. The van der Waals surface area contributed by atoms with Crippen molar-refractivity contribution >= 4 is 60.9 Å². The number of sulfone groups is 1. The van der Waals surface area contributed by atoms with E-state index in [4.69, 9.17) is 23.2 Å². The Morgan fingerprint density at radius 2 is 1.92 bits per heavy atom. The zero-order valence-electron chi connectivity index (χ0n) is 18.9. The maximum absolute atomic E-state index is 12.8. The average Bonchev–Trinajstić information content (AvgIpc) is 3.22. The molecule has 8 nitrogen and oxygen atoms in total. The molecule has 0 unspecified atom stereocenters. The summed E-state index contributed by atoms with van der Waals surface area (Å²) in [5.74, 6) is -0.282. The Bertz CT molecular complexity index is 1750. The van der Waals surface area contributed by atoms with Crippen LogP contribution in [0.3, 0.4) is 0 Å². The third-order valence-electron chi connectivity index (χ3n) is 5.65. The molecule has 0 aliphatic rings. The lowest BCUT2D eigenvalue weighted by Crippen LogP contribution is -2.23. The van der Waals surface area contributed by atoms with Crippen molar-refractivity contribution in [2.24, 2.45) is 0 Å². The molecule has 2 N–H and O–H groups in total. The molecule has 0 aliphatic carbocycles. The number of para-hydroxylation sites is 1. The number of nitrogens with zero attached hydrogens (tertiary/aromatic N) is 3. The third kappa shape index (κ3) is 4.90. The van der Waals surface area contributed by atoms with Crippen LogP contribution >= 0.6 is 23.2 Å². The quantitative estimate of drug-likeness (QED) is 0.321. The van der Waals surface area contributed by atoms with Gasteiger partial charge in [0.15, 0.2) is 9.84 Å². The topological polar surface area (TPSA) is 118 Å². The summed E-state index contributed by atoms with van der Waals surface area (Å²) >= 11 is 12.6. The second-order valence-electron chi connectivity index (χ2n) is 8.29. The Morgan fingerprint density at radius 1 is 1.08 bits per heavy atom. The molecule has 1 aromatic carbocycles. The molecule has 0 fully saturated rings. The van der Waals surface area contributed by atoms with Gasteiger partial charge in [-0.2, -0.15) is 0 Å². The van der Waals surface area contributed by atoms with Crippen LogP contribution in [0.1, 0.15) is 27.3 Å². The van der Waals surface area contributed by atoms with Gasteiger partial charge in [-0.3, -0.25) is 9.78 Å². The molecule has 5 rings (SSSR count). The Kier molecular flexibility index (Phi) is 6.38. The lowest BCUT2D eigenvalue weighted by Gasteiger charge is -2.10. The predicted octanol–water partition coefficient (Wildman–Crippen LogP) is 4.74. The van der Waals surface area contributed by atoms with E-state index in [-0.39, 0.29) is 23.8 Å². The molecule has 4 heterocycles. The van der Waals surface area contributed by atoms with Crippen LogP contribution in [-0.4, -0.2) is 40.5 Å². The van der Waals surface area contributed by atoms with E-state index in [2.05, 4.69) is 25.3 Å². The first-order valence-corrected chi connectivity index (χ1v) is 13.5. The highest BCUT2D eigenvalue weighted by atomic mass is 35.5. The number of fused-ring (bicyclic) bond motifs is 2. The fourth-order valence-electron chi connectivity index (χ4n) is 3.89. The van der Waals surface area contributed by atoms with Gasteiger partial charge in [-0.25, -0.2) is 18.4 Å². The number of aromatic nitrogens is 4. The molecule has 0 radical (unpaired) electrons. The normalized spacial score (nSPS) is 11.8. The number of rotatable bonds is 6. The van der Waals surface area contributed by atoms with Gasteiger partial charge in [0.05, 0.1) is 26.2 Å². The predicted molar refractivity (Wildman–Crippen MR) is 139 cm³/mol. The summed E-state index contributed by atoms with van der Waals surface area (Å²) in [6.45, 7) is 0.271. The van der Waals surface area contributed by atoms with Crippen molar-refractivity contribution in [3.8, 4) is 0 Å². The number of H-pyrrole nitrogens is 1. The lowest BCUT2D eigenvalue weighted by molar-refractivity contribution is 0.0950. The first kappa shape index (κ1) is 24.2. The molecule has 0 atom stereocenters. The van der Waals surface area contributed by atoms with Crippen LogP contribution < -0.4 is 5.32 Å². The highest BCUT2D eigenvalue weighted by molar-refractivity contribution is 7.91. The second kappa shape index (κ2) is 9.50. The summed E-state index contributed by atoms with van der Waals surface area (Å²) in [6.07, 6.45) is 6.24. The van der Waals surface area contributed by atoms with Crippen LogP contribution in [0.5, 0.6) is 0 Å². The van der Waals surface area contributed by atoms with E-state index in [1.54, 1.807) is 42.7 Å². The maximum Gasteiger partial charge on any atom is 0.251 e. The molecule has 4 aromatic heterocycles. The molecule has 11 heteroatoms. The van der Waals surface area contributed by atoms with Crippen LogP contribution in [0, 0.1) is 0 Å². The Hall–Kier alpha value is -3.53. The van der Waals surface area contributed by atoms with Gasteiger partial charge < -0.3 is 10.3 Å². The minimum atomic E-state index is -3.48. The van der Waals surface area contributed by atoms with Gasteiger partial charge in [0.2, 0.25) is 0 Å². The number of pyridine rings is 3. The highest BCUT2D eigenvalue weighted by Gasteiger charge is 2.16. The number of amides is 1. The summed E-state index contributed by atoms with van der Waals surface area (Å²) in [5, 5.41) is 5.24. The lowest BCUT2D eigenvalue weighted by atomic mass is 10.1. The summed E-state index contributed by atoms with van der Waals surface area (Å²) in [4.78, 5) is 29.1. The van der Waals surface area contributed by atoms with Gasteiger partial charge in [0.1, 0.15) is 5.65 Å². The molecular weight excluding hydrogens is 521 g/mol. The standard InChI is InChI=1S/C25H19Cl2N5O3S/c1-36(34,35)22-4-2-3-15-9-19(26)21(32-23(15)22)10-17-8-16(5-6-28-17)25(33)31-12-14-7-18-20(27)13-30-24(18)29-11-14/h2-9,11,13H,10,12H2,1H3,(H,29,30)(H,31,33). The van der Waals surface area contributed by atoms with Crippen molar-refractivity contribution < 1.29 is 13.2 Å². The summed E-state index contributed by atoms with van der Waals surface area (Å²) < 4.78 is 24.4. The third-order valence-corrected chi connectivity index (χ3v) is 7.42. The van der Waals surface area contributed by atoms with Gasteiger partial charge in [-0.15, -0.1) is 0 Å². The van der Waals surface area contributed by atoms with E-state index in [0.717, 1.165) is 17.2 Å². The number of halogens is 2. The van der Waals surface area contributed by atoms with Crippen LogP contribution in [0.4, 0.5) is 0 Å². The highest BCUT2D eigenvalue weighted by Crippen LogP contribution is 2.27. The number of nitrogens with one attached hydrogen (secondary N) is 2. The number of hydrogen-bond donors (Lipinski definition) is 2. The van der Waals surface area contributed by atoms with Crippen molar-refractivity contribution in [2.45, 2.75) is 17.9 Å². The molecule has 5 aromatic rings. The van der Waals surface area contributed by atoms with Crippen LogP contribution in [0.25, 0.3) is 21.9 Å². The van der Waals surface area contributed by atoms with E-state index in [0.29, 0.717) is 43.5 Å². The van der Waals surface area contributed by atoms with Crippen LogP contribution in [0.2, 0.25) is 10.0 Å². The molecule has 0 saturated carbocycles. The van der Waals surface area contributed by atoms with Gasteiger partial charge in [0, 0.05) is 59.8 Å². The van der Waals surface area contributed by atoms with E-state index < -0.39 is 9.84 Å². The van der Waals surface area contributed by atoms with Gasteiger partial charge in [0.25, 0.3) is 5.91 Å². The van der Waals surface area contributed by atoms with Gasteiger partial charge >= 0.3 is 0 Å². The minimum Gasteiger partial charge on any atom is -0.348 e. The molecule has 0 bridgehead atoms. The smallest absolute Gasteiger partial charge is 0.251 e. The second-order valence-corrected chi connectivity index (χ2v) is 11.1. The fraction of sp³-hybridized carbons (Fsp3) is 0.120. The monoisotopic (exact) mass is 539 g/mol. The van der Waals surface area contributed by atoms with Gasteiger partial charge in [-0.1, -0.05) is 35.3 Å². The first-order chi connectivity index (χ1) is 17.2. The van der Waals surface area contributed by atoms with Crippen molar-refractivity contribution in [1.29, 1.82) is 0 Å². The number of benzene rings is 1. The zero-order chi connectivity index (χ0) is 25.4. The SMILES string of the molecule is CS(=O)(=O)c1cccc2cc(Cl)c(Cc3cc(C(=O)NCc4cnc5[nH]cc(Cl)c5c4)ccn3)nc12. The van der Waals surface area contributed by atoms with Crippen molar-refractivity contribution in [3.05, 3.63) is 93.6 Å². The Morgan fingerprint density at radius 3 is 2.72 bits per heavy atom.